The number of rotatable bonds is 0. The second-order valence-corrected chi connectivity index (χ2v) is 5.24. The number of nitrogens with zero attached hydrogens (tertiary/aromatic N) is 1. The minimum Gasteiger partial charge on any atom is -0.289 e. The van der Waals surface area contributed by atoms with E-state index in [0.717, 1.165) is 32.2 Å². The fourth-order valence-corrected chi connectivity index (χ4v) is 2.87. The summed E-state index contributed by atoms with van der Waals surface area (Å²) in [5.74, 6) is 0.0609. The van der Waals surface area contributed by atoms with Gasteiger partial charge in [-0.15, -0.1) is 0 Å². The Kier molecular flexibility index (Phi) is 1.84. The maximum absolute atomic E-state index is 12.5. The molecule has 1 N–H and O–H groups in total. The summed E-state index contributed by atoms with van der Waals surface area (Å²) in [6.07, 6.45) is 0. The van der Waals surface area contributed by atoms with E-state index in [0.29, 0.717) is 5.56 Å². The molecule has 0 aliphatic heterocycles. The maximum Gasteiger partial charge on any atom is 0.194 e. The van der Waals surface area contributed by atoms with Crippen molar-refractivity contribution in [2.24, 2.45) is 0 Å². The lowest BCUT2D eigenvalue weighted by Gasteiger charge is -2.14. The topological polar surface area (TPSA) is 45.8 Å². The van der Waals surface area contributed by atoms with Crippen molar-refractivity contribution in [3.8, 4) is 11.3 Å². The SMILES string of the molecule is O=C1c2cc(Br)ccc2-c2n[nH]c3cccc1c23. The van der Waals surface area contributed by atoms with Crippen LogP contribution in [-0.4, -0.2) is 16.0 Å². The van der Waals surface area contributed by atoms with Gasteiger partial charge in [0.05, 0.1) is 5.52 Å². The largest absolute Gasteiger partial charge is 0.289 e. The Morgan fingerprint density at radius 3 is 2.83 bits per heavy atom. The van der Waals surface area contributed by atoms with Crippen molar-refractivity contribution in [1.82, 2.24) is 10.2 Å². The maximum atomic E-state index is 12.5. The molecule has 0 amide bonds. The number of carbonyl (C=O) groups is 1. The Morgan fingerprint density at radius 1 is 1.06 bits per heavy atom. The lowest BCUT2D eigenvalue weighted by Crippen LogP contribution is -2.08. The molecule has 0 saturated carbocycles. The first-order chi connectivity index (χ1) is 8.75. The Bertz CT molecular complexity index is 820. The van der Waals surface area contributed by atoms with Crippen LogP contribution in [0.4, 0.5) is 0 Å². The molecule has 4 heteroatoms. The molecule has 0 bridgehead atoms. The molecule has 0 unspecified atom stereocenters. The summed E-state index contributed by atoms with van der Waals surface area (Å²) in [6.45, 7) is 0. The first-order valence-corrected chi connectivity index (χ1v) is 6.37. The van der Waals surface area contributed by atoms with Gasteiger partial charge >= 0.3 is 0 Å². The van der Waals surface area contributed by atoms with Crippen LogP contribution in [0.2, 0.25) is 0 Å². The highest BCUT2D eigenvalue weighted by molar-refractivity contribution is 9.10. The zero-order chi connectivity index (χ0) is 12.3. The van der Waals surface area contributed by atoms with Gasteiger partial charge in [-0.05, 0) is 18.2 Å². The average Bonchev–Trinajstić information content (AvgIpc) is 2.81. The summed E-state index contributed by atoms with van der Waals surface area (Å²) < 4.78 is 0.903. The third-order valence-electron chi connectivity index (χ3n) is 3.32. The predicted octanol–water partition coefficient (Wildman–Crippen LogP) is 3.54. The number of ketones is 1. The lowest BCUT2D eigenvalue weighted by atomic mass is 9.87. The number of benzene rings is 2. The molecule has 3 nitrogen and oxygen atoms in total. The number of aromatic amines is 1. The normalized spacial score (nSPS) is 12.8. The summed E-state index contributed by atoms with van der Waals surface area (Å²) in [7, 11) is 0. The van der Waals surface area contributed by atoms with Gasteiger partial charge in [0.2, 0.25) is 0 Å². The predicted molar refractivity (Wildman–Crippen MR) is 72.7 cm³/mol. The molecule has 86 valence electrons. The number of hydrogen-bond donors (Lipinski definition) is 1. The van der Waals surface area contributed by atoms with E-state index in [1.54, 1.807) is 0 Å². The first kappa shape index (κ1) is 10.0. The molecule has 2 aromatic carbocycles. The number of carbonyl (C=O) groups excluding carboxylic acids is 1. The van der Waals surface area contributed by atoms with E-state index >= 15 is 0 Å². The van der Waals surface area contributed by atoms with Gasteiger partial charge < -0.3 is 0 Å². The standard InChI is InChI=1S/C14H7BrN2O/c15-7-4-5-8-10(6-7)14(18)9-2-1-3-11-12(9)13(8)17-16-11/h1-6H,(H,16,17). The number of halogens is 1. The van der Waals surface area contributed by atoms with E-state index < -0.39 is 0 Å². The van der Waals surface area contributed by atoms with E-state index in [2.05, 4.69) is 26.1 Å². The van der Waals surface area contributed by atoms with Crippen molar-refractivity contribution in [2.45, 2.75) is 0 Å². The summed E-state index contributed by atoms with van der Waals surface area (Å²) in [5, 5.41) is 8.25. The summed E-state index contributed by atoms with van der Waals surface area (Å²) in [4.78, 5) is 12.5. The van der Waals surface area contributed by atoms with Gasteiger partial charge in [-0.3, -0.25) is 9.89 Å². The molecule has 4 rings (SSSR count). The van der Waals surface area contributed by atoms with Crippen molar-refractivity contribution in [3.63, 3.8) is 0 Å². The summed E-state index contributed by atoms with van der Waals surface area (Å²) in [6, 6.07) is 11.4. The van der Waals surface area contributed by atoms with Crippen molar-refractivity contribution < 1.29 is 4.79 Å². The molecule has 1 aromatic heterocycles. The Morgan fingerprint density at radius 2 is 1.94 bits per heavy atom. The van der Waals surface area contributed by atoms with Crippen molar-refractivity contribution >= 4 is 32.6 Å². The van der Waals surface area contributed by atoms with E-state index in [1.807, 2.05) is 36.4 Å². The van der Waals surface area contributed by atoms with Crippen molar-refractivity contribution in [3.05, 3.63) is 52.0 Å². The number of H-pyrrole nitrogens is 1. The zero-order valence-electron chi connectivity index (χ0n) is 9.20. The highest BCUT2D eigenvalue weighted by Gasteiger charge is 2.27. The molecule has 1 aliphatic rings. The van der Waals surface area contributed by atoms with E-state index in [9.17, 15) is 4.79 Å². The van der Waals surface area contributed by atoms with Gasteiger partial charge in [0.15, 0.2) is 5.78 Å². The van der Waals surface area contributed by atoms with Crippen LogP contribution in [-0.2, 0) is 0 Å². The van der Waals surface area contributed by atoms with Gasteiger partial charge in [-0.1, -0.05) is 34.1 Å². The number of nitrogens with one attached hydrogen (secondary N) is 1. The van der Waals surface area contributed by atoms with E-state index in [1.165, 1.54) is 0 Å². The quantitative estimate of drug-likeness (QED) is 0.540. The first-order valence-electron chi connectivity index (χ1n) is 5.57. The van der Waals surface area contributed by atoms with Crippen LogP contribution in [0, 0.1) is 0 Å². The Balaban J connectivity index is 2.22. The lowest BCUT2D eigenvalue weighted by molar-refractivity contribution is 0.104. The van der Waals surface area contributed by atoms with Gasteiger partial charge in [-0.25, -0.2) is 0 Å². The van der Waals surface area contributed by atoms with Crippen molar-refractivity contribution in [1.29, 1.82) is 0 Å². The van der Waals surface area contributed by atoms with Crippen LogP contribution < -0.4 is 0 Å². The third kappa shape index (κ3) is 1.13. The van der Waals surface area contributed by atoms with Gasteiger partial charge in [0.25, 0.3) is 0 Å². The molecular formula is C14H7BrN2O. The summed E-state index contributed by atoms with van der Waals surface area (Å²) in [5.41, 5.74) is 4.10. The smallest absolute Gasteiger partial charge is 0.194 e. The van der Waals surface area contributed by atoms with Crippen molar-refractivity contribution in [2.75, 3.05) is 0 Å². The van der Waals surface area contributed by atoms with Gasteiger partial charge in [0, 0.05) is 26.5 Å². The molecule has 1 heterocycles. The third-order valence-corrected chi connectivity index (χ3v) is 3.81. The number of hydrogen-bond acceptors (Lipinski definition) is 2. The number of fused-ring (bicyclic) bond motifs is 2. The van der Waals surface area contributed by atoms with Crippen LogP contribution in [0.1, 0.15) is 15.9 Å². The highest BCUT2D eigenvalue weighted by atomic mass is 79.9. The molecule has 1 aliphatic carbocycles. The van der Waals surface area contributed by atoms with E-state index in [4.69, 9.17) is 0 Å². The van der Waals surface area contributed by atoms with Crippen LogP contribution in [0.3, 0.4) is 0 Å². The van der Waals surface area contributed by atoms with Crippen LogP contribution in [0.25, 0.3) is 22.2 Å². The average molecular weight is 299 g/mol. The van der Waals surface area contributed by atoms with Crippen LogP contribution in [0.5, 0.6) is 0 Å². The van der Waals surface area contributed by atoms with Crippen LogP contribution >= 0.6 is 15.9 Å². The Hall–Kier alpha value is -1.94. The molecule has 0 atom stereocenters. The zero-order valence-corrected chi connectivity index (χ0v) is 10.8. The molecule has 0 saturated heterocycles. The summed E-state index contributed by atoms with van der Waals surface area (Å²) >= 11 is 3.41. The fraction of sp³-hybridized carbons (Fsp3) is 0. The minimum absolute atomic E-state index is 0.0609. The Labute approximate surface area is 111 Å². The number of aromatic nitrogens is 2. The molecule has 18 heavy (non-hydrogen) atoms. The second kappa shape index (κ2) is 3.29. The van der Waals surface area contributed by atoms with Crippen LogP contribution in [0.15, 0.2) is 40.9 Å². The van der Waals surface area contributed by atoms with Gasteiger partial charge in [-0.2, -0.15) is 5.10 Å². The van der Waals surface area contributed by atoms with Gasteiger partial charge in [0.1, 0.15) is 5.69 Å². The molecule has 0 radical (unpaired) electrons. The minimum atomic E-state index is 0.0609. The molecule has 3 aromatic rings. The fourth-order valence-electron chi connectivity index (χ4n) is 2.51. The molecule has 0 fully saturated rings. The highest BCUT2D eigenvalue weighted by Crippen LogP contribution is 2.38. The van der Waals surface area contributed by atoms with E-state index in [-0.39, 0.29) is 5.78 Å². The molecule has 0 spiro atoms. The molecular weight excluding hydrogens is 292 g/mol. The monoisotopic (exact) mass is 298 g/mol. The second-order valence-electron chi connectivity index (χ2n) is 4.32.